The van der Waals surface area contributed by atoms with E-state index in [1.54, 1.807) is 25.6 Å². The average molecular weight is 340 g/mol. The number of amides is 1. The topological polar surface area (TPSA) is 60.5 Å². The maximum Gasteiger partial charge on any atom is 0.248 e. The largest absolute Gasteiger partial charge is 0.493 e. The normalized spacial score (nSPS) is 10.9. The van der Waals surface area contributed by atoms with E-state index in [0.717, 1.165) is 11.1 Å². The van der Waals surface area contributed by atoms with Crippen LogP contribution in [0.3, 0.4) is 0 Å². The summed E-state index contributed by atoms with van der Waals surface area (Å²) in [5.41, 5.74) is 2.52. The fourth-order valence-electron chi connectivity index (χ4n) is 2.10. The molecule has 1 aromatic heterocycles. The van der Waals surface area contributed by atoms with Gasteiger partial charge in [0.1, 0.15) is 0 Å². The zero-order chi connectivity index (χ0) is 18.2. The predicted octanol–water partition coefficient (Wildman–Crippen LogP) is 4.09. The van der Waals surface area contributed by atoms with Crippen molar-refractivity contribution in [1.82, 2.24) is 4.98 Å². The van der Waals surface area contributed by atoms with Crippen molar-refractivity contribution in [1.29, 1.82) is 0 Å². The second-order valence-corrected chi connectivity index (χ2v) is 6.13. The molecule has 5 heteroatoms. The first-order chi connectivity index (χ1) is 12.0. The number of carbonyl (C=O) groups is 1. The van der Waals surface area contributed by atoms with Gasteiger partial charge in [-0.1, -0.05) is 19.9 Å². The summed E-state index contributed by atoms with van der Waals surface area (Å²) in [6.45, 7) is 6.72. The number of nitrogens with zero attached hydrogens (tertiary/aromatic N) is 1. The number of rotatable bonds is 7. The molecule has 0 bridgehead atoms. The standard InChI is InChI=1S/C20H24N2O3/c1-14(2)13-25-18-7-5-16(11-19(18)24-4)6-8-20(23)22-17-12-21-10-9-15(17)3/h5-12,14H,13H2,1-4H3,(H,22,23)/b8-6+. The highest BCUT2D eigenvalue weighted by Crippen LogP contribution is 2.29. The predicted molar refractivity (Wildman–Crippen MR) is 100.0 cm³/mol. The van der Waals surface area contributed by atoms with E-state index < -0.39 is 0 Å². The third kappa shape index (κ3) is 5.64. The number of carbonyl (C=O) groups excluding carboxylic acids is 1. The van der Waals surface area contributed by atoms with Crippen molar-refractivity contribution in [3.63, 3.8) is 0 Å². The van der Waals surface area contributed by atoms with E-state index in [-0.39, 0.29) is 5.91 Å². The van der Waals surface area contributed by atoms with Crippen LogP contribution in [0.2, 0.25) is 0 Å². The van der Waals surface area contributed by atoms with Gasteiger partial charge in [-0.05, 0) is 48.2 Å². The first-order valence-corrected chi connectivity index (χ1v) is 8.20. The van der Waals surface area contributed by atoms with E-state index in [4.69, 9.17) is 9.47 Å². The fourth-order valence-corrected chi connectivity index (χ4v) is 2.10. The molecule has 1 amide bonds. The molecule has 2 aromatic rings. The van der Waals surface area contributed by atoms with Gasteiger partial charge in [0.25, 0.3) is 0 Å². The minimum atomic E-state index is -0.213. The summed E-state index contributed by atoms with van der Waals surface area (Å²) >= 11 is 0. The van der Waals surface area contributed by atoms with E-state index >= 15 is 0 Å². The van der Waals surface area contributed by atoms with Crippen molar-refractivity contribution in [2.45, 2.75) is 20.8 Å². The van der Waals surface area contributed by atoms with Gasteiger partial charge in [0.05, 0.1) is 25.6 Å². The molecule has 0 aliphatic heterocycles. The molecule has 132 valence electrons. The molecule has 1 N–H and O–H groups in total. The zero-order valence-electron chi connectivity index (χ0n) is 15.1. The summed E-state index contributed by atoms with van der Waals surface area (Å²) in [6.07, 6.45) is 6.53. The molecule has 0 saturated heterocycles. The zero-order valence-corrected chi connectivity index (χ0v) is 15.1. The number of ether oxygens (including phenoxy) is 2. The third-order valence-electron chi connectivity index (χ3n) is 3.48. The molecular weight excluding hydrogens is 316 g/mol. The Morgan fingerprint density at radius 1 is 1.28 bits per heavy atom. The number of methoxy groups -OCH3 is 1. The summed E-state index contributed by atoms with van der Waals surface area (Å²) in [4.78, 5) is 16.1. The van der Waals surface area contributed by atoms with Crippen molar-refractivity contribution >= 4 is 17.7 Å². The summed E-state index contributed by atoms with van der Waals surface area (Å²) in [7, 11) is 1.60. The molecule has 0 aliphatic carbocycles. The van der Waals surface area contributed by atoms with Crippen molar-refractivity contribution in [2.75, 3.05) is 19.0 Å². The number of aryl methyl sites for hydroxylation is 1. The Balaban J connectivity index is 2.05. The molecule has 0 spiro atoms. The highest BCUT2D eigenvalue weighted by Gasteiger charge is 2.06. The van der Waals surface area contributed by atoms with E-state index in [2.05, 4.69) is 24.1 Å². The number of anilines is 1. The molecule has 25 heavy (non-hydrogen) atoms. The molecule has 2 rings (SSSR count). The van der Waals surface area contributed by atoms with Crippen molar-refractivity contribution in [2.24, 2.45) is 5.92 Å². The Morgan fingerprint density at radius 2 is 2.08 bits per heavy atom. The van der Waals surface area contributed by atoms with E-state index in [9.17, 15) is 4.79 Å². The lowest BCUT2D eigenvalue weighted by Crippen LogP contribution is -2.09. The lowest BCUT2D eigenvalue weighted by molar-refractivity contribution is -0.111. The quantitative estimate of drug-likeness (QED) is 0.771. The number of aromatic nitrogens is 1. The van der Waals surface area contributed by atoms with Crippen LogP contribution < -0.4 is 14.8 Å². The van der Waals surface area contributed by atoms with Crippen LogP contribution in [-0.4, -0.2) is 24.6 Å². The Labute approximate surface area is 148 Å². The maximum atomic E-state index is 12.1. The SMILES string of the molecule is COc1cc(/C=C/C(=O)Nc2cnccc2C)ccc1OCC(C)C. The van der Waals surface area contributed by atoms with Gasteiger partial charge in [0.2, 0.25) is 5.91 Å². The molecular formula is C20H24N2O3. The van der Waals surface area contributed by atoms with E-state index in [0.29, 0.717) is 29.7 Å². The van der Waals surface area contributed by atoms with Crippen molar-refractivity contribution in [3.8, 4) is 11.5 Å². The lowest BCUT2D eigenvalue weighted by atomic mass is 10.1. The molecule has 1 heterocycles. The molecule has 0 unspecified atom stereocenters. The average Bonchev–Trinajstić information content (AvgIpc) is 2.60. The Hall–Kier alpha value is -2.82. The molecule has 0 fully saturated rings. The molecule has 0 atom stereocenters. The number of pyridine rings is 1. The van der Waals surface area contributed by atoms with Crippen LogP contribution in [0, 0.1) is 12.8 Å². The molecule has 5 nitrogen and oxygen atoms in total. The molecule has 0 saturated carbocycles. The van der Waals surface area contributed by atoms with Crippen LogP contribution in [0.15, 0.2) is 42.7 Å². The van der Waals surface area contributed by atoms with Crippen LogP contribution >= 0.6 is 0 Å². The van der Waals surface area contributed by atoms with Gasteiger partial charge in [0, 0.05) is 12.3 Å². The number of benzene rings is 1. The summed E-state index contributed by atoms with van der Waals surface area (Å²) < 4.78 is 11.1. The lowest BCUT2D eigenvalue weighted by Gasteiger charge is -2.12. The summed E-state index contributed by atoms with van der Waals surface area (Å²) in [5, 5.41) is 2.81. The first kappa shape index (κ1) is 18.5. The number of hydrogen-bond donors (Lipinski definition) is 1. The van der Waals surface area contributed by atoms with Gasteiger partial charge in [-0.15, -0.1) is 0 Å². The summed E-state index contributed by atoms with van der Waals surface area (Å²) in [5.74, 6) is 1.56. The van der Waals surface area contributed by atoms with Gasteiger partial charge in [0.15, 0.2) is 11.5 Å². The minimum Gasteiger partial charge on any atom is -0.493 e. The van der Waals surface area contributed by atoms with Crippen molar-refractivity contribution < 1.29 is 14.3 Å². The highest BCUT2D eigenvalue weighted by atomic mass is 16.5. The molecule has 0 aliphatic rings. The Morgan fingerprint density at radius 3 is 2.76 bits per heavy atom. The number of hydrogen-bond acceptors (Lipinski definition) is 4. The van der Waals surface area contributed by atoms with Gasteiger partial charge >= 0.3 is 0 Å². The molecule has 1 aromatic carbocycles. The first-order valence-electron chi connectivity index (χ1n) is 8.20. The monoisotopic (exact) mass is 340 g/mol. The van der Waals surface area contributed by atoms with Crippen LogP contribution in [0.1, 0.15) is 25.0 Å². The third-order valence-corrected chi connectivity index (χ3v) is 3.48. The maximum absolute atomic E-state index is 12.1. The second-order valence-electron chi connectivity index (χ2n) is 6.13. The Kier molecular flexibility index (Phi) is 6.57. The van der Waals surface area contributed by atoms with E-state index in [1.165, 1.54) is 6.08 Å². The van der Waals surface area contributed by atoms with Crippen LogP contribution in [-0.2, 0) is 4.79 Å². The van der Waals surface area contributed by atoms with Crippen molar-refractivity contribution in [3.05, 3.63) is 53.9 Å². The fraction of sp³-hybridized carbons (Fsp3) is 0.300. The van der Waals surface area contributed by atoms with Gasteiger partial charge < -0.3 is 14.8 Å². The van der Waals surface area contributed by atoms with Gasteiger partial charge in [-0.25, -0.2) is 0 Å². The number of nitrogens with one attached hydrogen (secondary N) is 1. The van der Waals surface area contributed by atoms with Crippen LogP contribution in [0.25, 0.3) is 6.08 Å². The summed E-state index contributed by atoms with van der Waals surface area (Å²) in [6, 6.07) is 7.43. The highest BCUT2D eigenvalue weighted by molar-refractivity contribution is 6.02. The smallest absolute Gasteiger partial charge is 0.248 e. The molecule has 0 radical (unpaired) electrons. The Bertz CT molecular complexity index is 754. The minimum absolute atomic E-state index is 0.213. The second kappa shape index (κ2) is 8.87. The van der Waals surface area contributed by atoms with Crippen LogP contribution in [0.5, 0.6) is 11.5 Å². The van der Waals surface area contributed by atoms with Gasteiger partial charge in [-0.3, -0.25) is 9.78 Å². The van der Waals surface area contributed by atoms with E-state index in [1.807, 2.05) is 31.2 Å². The van der Waals surface area contributed by atoms with Crippen LogP contribution in [0.4, 0.5) is 5.69 Å². The van der Waals surface area contributed by atoms with Gasteiger partial charge in [-0.2, -0.15) is 0 Å².